The molecule has 0 saturated carbocycles. The molecule has 2 heterocycles. The summed E-state index contributed by atoms with van der Waals surface area (Å²) in [5.41, 5.74) is 2.33. The molecule has 0 unspecified atom stereocenters. The maximum atomic E-state index is 13.0. The third kappa shape index (κ3) is 5.51. The average molecular weight is 446 g/mol. The van der Waals surface area contributed by atoms with Crippen LogP contribution in [0.25, 0.3) is 10.9 Å². The van der Waals surface area contributed by atoms with Crippen LogP contribution < -0.4 is 5.32 Å². The molecule has 1 atom stereocenters. The van der Waals surface area contributed by atoms with Gasteiger partial charge in [0, 0.05) is 36.2 Å². The van der Waals surface area contributed by atoms with Gasteiger partial charge < -0.3 is 14.8 Å². The van der Waals surface area contributed by atoms with Gasteiger partial charge in [-0.25, -0.2) is 0 Å². The van der Waals surface area contributed by atoms with Gasteiger partial charge in [-0.1, -0.05) is 48.5 Å². The fourth-order valence-corrected chi connectivity index (χ4v) is 4.46. The molecule has 33 heavy (non-hydrogen) atoms. The van der Waals surface area contributed by atoms with E-state index in [4.69, 9.17) is 0 Å². The Balaban J connectivity index is 1.45. The molecule has 6 nitrogen and oxygen atoms in total. The van der Waals surface area contributed by atoms with E-state index in [1.165, 1.54) is 5.56 Å². The number of Topliss-reactive ketones (excluding diaryl/α,β-unsaturated/α-hetero) is 1. The number of carbonyl (C=O) groups is 3. The van der Waals surface area contributed by atoms with Crippen LogP contribution in [0.4, 0.5) is 0 Å². The molecule has 0 aliphatic carbocycles. The number of likely N-dealkylation sites (tertiary alicyclic amines) is 1. The van der Waals surface area contributed by atoms with E-state index in [9.17, 15) is 14.4 Å². The first-order valence-electron chi connectivity index (χ1n) is 11.8. The van der Waals surface area contributed by atoms with E-state index in [1.807, 2.05) is 54.3 Å². The molecule has 1 aliphatic rings. The van der Waals surface area contributed by atoms with E-state index >= 15 is 0 Å². The second kappa shape index (κ2) is 10.5. The molecule has 6 heteroatoms. The number of hydrogen-bond donors (Lipinski definition) is 1. The fourth-order valence-electron chi connectivity index (χ4n) is 4.46. The summed E-state index contributed by atoms with van der Waals surface area (Å²) in [7, 11) is 0. The van der Waals surface area contributed by atoms with E-state index in [0.29, 0.717) is 10.9 Å². The number of amides is 2. The lowest BCUT2D eigenvalue weighted by Crippen LogP contribution is -2.38. The second-order valence-corrected chi connectivity index (χ2v) is 8.86. The summed E-state index contributed by atoms with van der Waals surface area (Å²) < 4.78 is 1.80. The molecule has 0 bridgehead atoms. The highest BCUT2D eigenvalue weighted by molar-refractivity contribution is 6.45. The predicted molar refractivity (Wildman–Crippen MR) is 129 cm³/mol. The number of piperidine rings is 1. The van der Waals surface area contributed by atoms with Crippen molar-refractivity contribution < 1.29 is 14.4 Å². The van der Waals surface area contributed by atoms with Gasteiger partial charge in [0.05, 0.1) is 5.56 Å². The normalized spacial score (nSPS) is 14.8. The SMILES string of the molecule is C[C@@H](CCc1ccccc1)NC(=O)C(=O)c1cn(CC(=O)N2CCCCC2)c2ccccc12. The summed E-state index contributed by atoms with van der Waals surface area (Å²) >= 11 is 0. The molecule has 0 radical (unpaired) electrons. The lowest BCUT2D eigenvalue weighted by molar-refractivity contribution is -0.132. The van der Waals surface area contributed by atoms with Crippen LogP contribution in [-0.4, -0.2) is 46.2 Å². The summed E-state index contributed by atoms with van der Waals surface area (Å²) in [6.07, 6.45) is 6.45. The summed E-state index contributed by atoms with van der Waals surface area (Å²) in [6.45, 7) is 3.65. The van der Waals surface area contributed by atoms with Crippen molar-refractivity contribution in [1.29, 1.82) is 0 Å². The maximum absolute atomic E-state index is 13.0. The number of nitrogens with zero attached hydrogens (tertiary/aromatic N) is 2. The molecule has 1 aromatic heterocycles. The van der Waals surface area contributed by atoms with Crippen LogP contribution in [0.15, 0.2) is 60.8 Å². The third-order valence-electron chi connectivity index (χ3n) is 6.34. The summed E-state index contributed by atoms with van der Waals surface area (Å²) in [5.74, 6) is -1.13. The fraction of sp³-hybridized carbons (Fsp3) is 0.370. The molecule has 172 valence electrons. The van der Waals surface area contributed by atoms with Crippen molar-refractivity contribution in [3.8, 4) is 0 Å². The Morgan fingerprint density at radius 2 is 1.64 bits per heavy atom. The molecule has 4 rings (SSSR count). The minimum atomic E-state index is -0.610. The molecule has 1 N–H and O–H groups in total. The summed E-state index contributed by atoms with van der Waals surface area (Å²) in [4.78, 5) is 40.5. The van der Waals surface area contributed by atoms with Crippen molar-refractivity contribution in [2.24, 2.45) is 0 Å². The highest BCUT2D eigenvalue weighted by atomic mass is 16.2. The number of ketones is 1. The largest absolute Gasteiger partial charge is 0.347 e. The molecular formula is C27H31N3O3. The highest BCUT2D eigenvalue weighted by Crippen LogP contribution is 2.23. The number of benzene rings is 2. The van der Waals surface area contributed by atoms with Crippen molar-refractivity contribution >= 4 is 28.5 Å². The van der Waals surface area contributed by atoms with Crippen molar-refractivity contribution in [2.45, 2.75) is 51.6 Å². The zero-order valence-corrected chi connectivity index (χ0v) is 19.1. The standard InChI is InChI=1S/C27H31N3O3/c1-20(14-15-21-10-4-2-5-11-21)28-27(33)26(32)23-18-30(24-13-7-6-12-22(23)24)19-25(31)29-16-8-3-9-17-29/h2,4-7,10-13,18,20H,3,8-9,14-17,19H2,1H3,(H,28,33)/t20-/m0/s1. The molecule has 1 aliphatic heterocycles. The van der Waals surface area contributed by atoms with E-state index < -0.39 is 11.7 Å². The van der Waals surface area contributed by atoms with Crippen LogP contribution in [0.2, 0.25) is 0 Å². The monoisotopic (exact) mass is 445 g/mol. The van der Waals surface area contributed by atoms with Gasteiger partial charge in [0.25, 0.3) is 11.7 Å². The number of nitrogens with one attached hydrogen (secondary N) is 1. The Morgan fingerprint density at radius 3 is 2.39 bits per heavy atom. The van der Waals surface area contributed by atoms with Gasteiger partial charge in [-0.05, 0) is 50.7 Å². The van der Waals surface area contributed by atoms with Crippen LogP contribution in [0.5, 0.6) is 0 Å². The van der Waals surface area contributed by atoms with Gasteiger partial charge in [0.15, 0.2) is 0 Å². The molecule has 1 fully saturated rings. The van der Waals surface area contributed by atoms with Gasteiger partial charge in [0.2, 0.25) is 5.91 Å². The lowest BCUT2D eigenvalue weighted by Gasteiger charge is -2.27. The molecular weight excluding hydrogens is 414 g/mol. The number of aromatic nitrogens is 1. The summed E-state index contributed by atoms with van der Waals surface area (Å²) in [6, 6.07) is 17.4. The predicted octanol–water partition coefficient (Wildman–Crippen LogP) is 3.97. The van der Waals surface area contributed by atoms with Gasteiger partial charge in [-0.15, -0.1) is 0 Å². The first-order valence-corrected chi connectivity index (χ1v) is 11.8. The van der Waals surface area contributed by atoms with Crippen molar-refractivity contribution in [1.82, 2.24) is 14.8 Å². The smallest absolute Gasteiger partial charge is 0.292 e. The highest BCUT2D eigenvalue weighted by Gasteiger charge is 2.24. The Labute approximate surface area is 194 Å². The Kier molecular flexibility index (Phi) is 7.23. The van der Waals surface area contributed by atoms with Crippen LogP contribution in [0, 0.1) is 0 Å². The quantitative estimate of drug-likeness (QED) is 0.421. The Morgan fingerprint density at radius 1 is 0.939 bits per heavy atom. The first kappa shape index (κ1) is 22.8. The number of aryl methyl sites for hydroxylation is 1. The number of carbonyl (C=O) groups excluding carboxylic acids is 3. The van der Waals surface area contributed by atoms with Crippen LogP contribution in [-0.2, 0) is 22.6 Å². The van der Waals surface area contributed by atoms with Crippen LogP contribution >= 0.6 is 0 Å². The molecule has 1 saturated heterocycles. The van der Waals surface area contributed by atoms with Crippen molar-refractivity contribution in [2.75, 3.05) is 13.1 Å². The summed E-state index contributed by atoms with van der Waals surface area (Å²) in [5, 5.41) is 3.54. The topological polar surface area (TPSA) is 71.4 Å². The van der Waals surface area contributed by atoms with E-state index in [-0.39, 0.29) is 18.5 Å². The van der Waals surface area contributed by atoms with Crippen molar-refractivity contribution in [3.05, 3.63) is 71.9 Å². The Hall–Kier alpha value is -3.41. The number of para-hydroxylation sites is 1. The maximum Gasteiger partial charge on any atom is 0.292 e. The van der Waals surface area contributed by atoms with E-state index in [0.717, 1.165) is 50.7 Å². The second-order valence-electron chi connectivity index (χ2n) is 8.86. The Bertz CT molecular complexity index is 1130. The molecule has 0 spiro atoms. The van der Waals surface area contributed by atoms with E-state index in [1.54, 1.807) is 10.8 Å². The zero-order valence-electron chi connectivity index (χ0n) is 19.1. The third-order valence-corrected chi connectivity index (χ3v) is 6.34. The molecule has 2 aromatic carbocycles. The number of hydrogen-bond acceptors (Lipinski definition) is 3. The lowest BCUT2D eigenvalue weighted by atomic mass is 10.1. The van der Waals surface area contributed by atoms with Gasteiger partial charge in [-0.2, -0.15) is 0 Å². The van der Waals surface area contributed by atoms with Gasteiger partial charge in [-0.3, -0.25) is 14.4 Å². The zero-order chi connectivity index (χ0) is 23.2. The number of rotatable bonds is 8. The number of fused-ring (bicyclic) bond motifs is 1. The first-order chi connectivity index (χ1) is 16.0. The van der Waals surface area contributed by atoms with Gasteiger partial charge >= 0.3 is 0 Å². The molecule has 3 aromatic rings. The molecule has 2 amide bonds. The van der Waals surface area contributed by atoms with Crippen molar-refractivity contribution in [3.63, 3.8) is 0 Å². The van der Waals surface area contributed by atoms with Crippen LogP contribution in [0.3, 0.4) is 0 Å². The minimum Gasteiger partial charge on any atom is -0.347 e. The average Bonchev–Trinajstić information content (AvgIpc) is 3.21. The van der Waals surface area contributed by atoms with E-state index in [2.05, 4.69) is 17.4 Å². The van der Waals surface area contributed by atoms with Crippen LogP contribution in [0.1, 0.15) is 48.5 Å². The minimum absolute atomic E-state index is 0.0495. The van der Waals surface area contributed by atoms with Gasteiger partial charge in [0.1, 0.15) is 6.54 Å².